The standard InChI is InChI=1S/C43H54N6O8S2/c1-42(2,3)22-35(50)47-40-45-31(24-59-40)30-20-33(28-16-12-18-34(58-4)36(28)44-30)56-27-19-32-37(51)48-43(39(53)54)21-25(43)13-8-6-5-7-9-17-29(38(52)49(32)23-27)46-41(55)57-26-14-10-11-15-26/h8,12-13,16,18,20,24-27,29,32H,5-7,9-11,14-15,17,19,21-23H2,1-4H3,(H,46,55)(H,48,51)(H,53,54)(H,45,47,50)/b13-8-/t25?,27-,29+,32+,43-/m1/s1. The van der Waals surface area contributed by atoms with E-state index in [1.54, 1.807) is 6.07 Å². The van der Waals surface area contributed by atoms with E-state index in [1.807, 2.05) is 62.8 Å². The van der Waals surface area contributed by atoms with Gasteiger partial charge in [-0.1, -0.05) is 51.8 Å². The van der Waals surface area contributed by atoms with Crippen LogP contribution in [0.15, 0.2) is 46.7 Å². The molecule has 316 valence electrons. The van der Waals surface area contributed by atoms with Crippen molar-refractivity contribution in [3.8, 4) is 17.1 Å². The summed E-state index contributed by atoms with van der Waals surface area (Å²) in [6, 6.07) is 5.54. The second-order valence-corrected chi connectivity index (χ2v) is 19.0. The Hall–Kier alpha value is -4.70. The number of alkyl carbamates (subject to hydrolysis) is 1. The summed E-state index contributed by atoms with van der Waals surface area (Å²) >= 11 is 2.83. The van der Waals surface area contributed by atoms with Crippen molar-refractivity contribution >= 4 is 68.9 Å². The third kappa shape index (κ3) is 10.0. The maximum Gasteiger partial charge on any atom is 0.408 e. The molecule has 4 heterocycles. The molecule has 4 aliphatic rings. The number of carbonyl (C=O) groups is 5. The number of hydrogen-bond donors (Lipinski definition) is 4. The molecule has 2 saturated carbocycles. The van der Waals surface area contributed by atoms with Crippen molar-refractivity contribution in [2.24, 2.45) is 11.3 Å². The minimum absolute atomic E-state index is 0.0121. The Morgan fingerprint density at radius 1 is 1.05 bits per heavy atom. The number of carboxylic acids is 1. The number of thioether (sulfide) groups is 1. The average molecular weight is 847 g/mol. The van der Waals surface area contributed by atoms with Crippen molar-refractivity contribution in [1.82, 2.24) is 25.5 Å². The van der Waals surface area contributed by atoms with Crippen LogP contribution in [0, 0.1) is 11.3 Å². The molecule has 4 amide bonds. The van der Waals surface area contributed by atoms with Crippen molar-refractivity contribution < 1.29 is 38.6 Å². The summed E-state index contributed by atoms with van der Waals surface area (Å²) in [6.45, 7) is 6.00. The molecule has 7 rings (SSSR count). The number of nitrogens with zero attached hydrogens (tertiary/aromatic N) is 3. The Balaban J connectivity index is 1.19. The number of rotatable bonds is 9. The highest BCUT2D eigenvalue weighted by atomic mass is 32.2. The first kappa shape index (κ1) is 42.4. The van der Waals surface area contributed by atoms with Gasteiger partial charge in [0.25, 0.3) is 0 Å². The highest BCUT2D eigenvalue weighted by Crippen LogP contribution is 2.46. The molecule has 2 aromatic heterocycles. The van der Waals surface area contributed by atoms with Crippen molar-refractivity contribution in [3.63, 3.8) is 0 Å². The fraction of sp³-hybridized carbons (Fsp3) is 0.558. The molecule has 3 aromatic rings. The molecule has 4 N–H and O–H groups in total. The molecule has 2 aliphatic carbocycles. The number of pyridine rings is 1. The quantitative estimate of drug-likeness (QED) is 0.125. The number of carbonyl (C=O) groups excluding carboxylic acids is 4. The fourth-order valence-electron chi connectivity index (χ4n) is 8.34. The summed E-state index contributed by atoms with van der Waals surface area (Å²) in [5.41, 5.74) is 0.0901. The van der Waals surface area contributed by atoms with Gasteiger partial charge in [-0.3, -0.25) is 14.4 Å². The highest BCUT2D eigenvalue weighted by molar-refractivity contribution is 7.98. The third-order valence-electron chi connectivity index (χ3n) is 11.5. The van der Waals surface area contributed by atoms with Crippen LogP contribution in [0.2, 0.25) is 0 Å². The number of nitrogens with one attached hydrogen (secondary N) is 3. The number of allylic oxidation sites excluding steroid dienone is 1. The van der Waals surface area contributed by atoms with Crippen LogP contribution in [-0.4, -0.2) is 92.4 Å². The first-order valence-electron chi connectivity index (χ1n) is 20.6. The maximum atomic E-state index is 14.6. The number of amides is 4. The summed E-state index contributed by atoms with van der Waals surface area (Å²) < 4.78 is 12.5. The molecule has 0 spiro atoms. The number of ether oxygens (including phenoxy) is 2. The summed E-state index contributed by atoms with van der Waals surface area (Å²) in [5.74, 6) is -2.18. The second-order valence-electron chi connectivity index (χ2n) is 17.3. The Morgan fingerprint density at radius 3 is 2.58 bits per heavy atom. The third-order valence-corrected chi connectivity index (χ3v) is 13.0. The molecule has 14 nitrogen and oxygen atoms in total. The molecule has 0 radical (unpaired) electrons. The Kier molecular flexibility index (Phi) is 12.9. The first-order valence-corrected chi connectivity index (χ1v) is 22.7. The van der Waals surface area contributed by atoms with Crippen LogP contribution in [0.5, 0.6) is 5.75 Å². The Morgan fingerprint density at radius 2 is 1.83 bits per heavy atom. The van der Waals surface area contributed by atoms with Gasteiger partial charge in [0.1, 0.15) is 41.3 Å². The van der Waals surface area contributed by atoms with Gasteiger partial charge in [0, 0.05) is 40.5 Å². The number of carboxylic acid groups (broad SMARTS) is 1. The molecule has 59 heavy (non-hydrogen) atoms. The van der Waals surface area contributed by atoms with E-state index in [0.29, 0.717) is 47.0 Å². The predicted octanol–water partition coefficient (Wildman–Crippen LogP) is 7.32. The van der Waals surface area contributed by atoms with Crippen LogP contribution in [-0.2, 0) is 23.9 Å². The van der Waals surface area contributed by atoms with Crippen molar-refractivity contribution in [1.29, 1.82) is 0 Å². The van der Waals surface area contributed by atoms with Crippen LogP contribution < -0.4 is 20.7 Å². The molecule has 5 atom stereocenters. The molecule has 1 unspecified atom stereocenters. The van der Waals surface area contributed by atoms with Crippen molar-refractivity contribution in [3.05, 3.63) is 41.8 Å². The largest absolute Gasteiger partial charge is 0.488 e. The normalized spacial score (nSPS) is 25.9. The number of hydrogen-bond acceptors (Lipinski definition) is 11. The van der Waals surface area contributed by atoms with E-state index in [4.69, 9.17) is 19.4 Å². The Bertz CT molecular complexity index is 2110. The van der Waals surface area contributed by atoms with Gasteiger partial charge in [0.15, 0.2) is 5.13 Å². The lowest BCUT2D eigenvalue weighted by molar-refractivity contribution is -0.145. The summed E-state index contributed by atoms with van der Waals surface area (Å²) in [4.78, 5) is 79.4. The molecule has 2 aliphatic heterocycles. The number of para-hydroxylation sites is 1. The van der Waals surface area contributed by atoms with E-state index < -0.39 is 47.6 Å². The first-order chi connectivity index (χ1) is 28.2. The fourth-order valence-corrected chi connectivity index (χ4v) is 9.62. The average Bonchev–Trinajstić information content (AvgIpc) is 3.61. The molecular weight excluding hydrogens is 793 g/mol. The number of fused-ring (bicyclic) bond motifs is 3. The summed E-state index contributed by atoms with van der Waals surface area (Å²) in [7, 11) is 0. The maximum absolute atomic E-state index is 14.6. The molecular formula is C43H54N6O8S2. The van der Waals surface area contributed by atoms with Gasteiger partial charge in [-0.05, 0) is 75.2 Å². The number of thiazole rings is 1. The van der Waals surface area contributed by atoms with E-state index in [1.165, 1.54) is 28.0 Å². The Labute approximate surface area is 352 Å². The molecule has 0 bridgehead atoms. The lowest BCUT2D eigenvalue weighted by Crippen LogP contribution is -2.56. The summed E-state index contributed by atoms with van der Waals surface area (Å²) in [6.07, 6.45) is 11.8. The van der Waals surface area contributed by atoms with Gasteiger partial charge in [-0.15, -0.1) is 23.1 Å². The van der Waals surface area contributed by atoms with E-state index in [2.05, 4.69) is 16.0 Å². The van der Waals surface area contributed by atoms with Crippen molar-refractivity contribution in [2.45, 2.75) is 133 Å². The number of benzene rings is 1. The van der Waals surface area contributed by atoms with Crippen LogP contribution in [0.25, 0.3) is 22.3 Å². The van der Waals surface area contributed by atoms with Gasteiger partial charge in [0.2, 0.25) is 17.7 Å². The minimum atomic E-state index is -1.47. The van der Waals surface area contributed by atoms with Gasteiger partial charge < -0.3 is 35.4 Å². The predicted molar refractivity (Wildman–Crippen MR) is 226 cm³/mol. The van der Waals surface area contributed by atoms with Crippen molar-refractivity contribution in [2.75, 3.05) is 18.1 Å². The van der Waals surface area contributed by atoms with Crippen LogP contribution >= 0.6 is 23.1 Å². The minimum Gasteiger partial charge on any atom is -0.488 e. The van der Waals surface area contributed by atoms with Crippen LogP contribution in [0.4, 0.5) is 9.93 Å². The number of aliphatic carboxylic acids is 1. The summed E-state index contributed by atoms with van der Waals surface area (Å²) in [5, 5.41) is 21.9. The van der Waals surface area contributed by atoms with E-state index in [-0.39, 0.29) is 42.7 Å². The second kappa shape index (κ2) is 17.9. The van der Waals surface area contributed by atoms with Gasteiger partial charge in [-0.2, -0.15) is 0 Å². The monoisotopic (exact) mass is 846 g/mol. The molecule has 1 saturated heterocycles. The van der Waals surface area contributed by atoms with Gasteiger partial charge in [-0.25, -0.2) is 19.6 Å². The smallest absolute Gasteiger partial charge is 0.408 e. The van der Waals surface area contributed by atoms with E-state index >= 15 is 0 Å². The van der Waals surface area contributed by atoms with Gasteiger partial charge in [0.05, 0.1) is 17.8 Å². The topological polar surface area (TPSA) is 189 Å². The zero-order chi connectivity index (χ0) is 41.9. The lowest BCUT2D eigenvalue weighted by atomic mass is 9.92. The SMILES string of the molecule is CSc1cccc2c(O[C@@H]3C[C@H]4C(=O)N[C@]5(C(=O)O)CC5/C=C\CCCCC[C@H](NC(=O)OC5CCCC5)C(=O)N4C3)cc(-c3csc(NC(=O)CC(C)(C)C)n3)nc12. The molecule has 16 heteroatoms. The van der Waals surface area contributed by atoms with E-state index in [9.17, 15) is 29.1 Å². The van der Waals surface area contributed by atoms with Crippen LogP contribution in [0.1, 0.15) is 97.8 Å². The number of anilines is 1. The molecule has 1 aromatic carbocycles. The van der Waals surface area contributed by atoms with Crippen LogP contribution in [0.3, 0.4) is 0 Å². The highest BCUT2D eigenvalue weighted by Gasteiger charge is 2.61. The zero-order valence-corrected chi connectivity index (χ0v) is 35.7. The van der Waals surface area contributed by atoms with Gasteiger partial charge >= 0.3 is 12.1 Å². The number of aromatic nitrogens is 2. The van der Waals surface area contributed by atoms with E-state index in [0.717, 1.165) is 55.2 Å². The lowest BCUT2D eigenvalue weighted by Gasteiger charge is -2.29. The zero-order valence-electron chi connectivity index (χ0n) is 34.1. The molecule has 3 fully saturated rings.